The topological polar surface area (TPSA) is 76.8 Å². The summed E-state index contributed by atoms with van der Waals surface area (Å²) >= 11 is 3.58. The van der Waals surface area contributed by atoms with Crippen molar-refractivity contribution < 1.29 is 9.66 Å². The number of nitrogens with one attached hydrogen (secondary N) is 1. The van der Waals surface area contributed by atoms with Crippen LogP contribution in [0.25, 0.3) is 0 Å². The van der Waals surface area contributed by atoms with E-state index in [9.17, 15) is 10.1 Å². The fraction of sp³-hybridized carbons (Fsp3) is 0.182. The Morgan fingerprint density at radius 2 is 1.85 bits per heavy atom. The predicted molar refractivity (Wildman–Crippen MR) is 163 cm³/mol. The molecule has 4 aromatic rings. The second-order valence-electron chi connectivity index (χ2n) is 10.3. The van der Waals surface area contributed by atoms with Gasteiger partial charge in [0.05, 0.1) is 21.1 Å². The lowest BCUT2D eigenvalue weighted by Gasteiger charge is -2.37. The zero-order chi connectivity index (χ0) is 27.6. The van der Waals surface area contributed by atoms with Crippen molar-refractivity contribution in [2.45, 2.75) is 31.9 Å². The van der Waals surface area contributed by atoms with E-state index in [0.717, 1.165) is 27.7 Å². The van der Waals surface area contributed by atoms with Crippen LogP contribution in [0.2, 0.25) is 0 Å². The second-order valence-corrected chi connectivity index (χ2v) is 11.2. The Bertz CT molecular complexity index is 1610. The zero-order valence-corrected chi connectivity index (χ0v) is 23.5. The van der Waals surface area contributed by atoms with E-state index in [1.807, 2.05) is 24.4 Å². The molecule has 0 radical (unpaired) electrons. The highest BCUT2D eigenvalue weighted by Crippen LogP contribution is 2.50. The number of hydrogen-bond acceptors (Lipinski definition) is 5. The molecule has 3 atom stereocenters. The summed E-state index contributed by atoms with van der Waals surface area (Å²) in [6.45, 7) is 2.47. The van der Waals surface area contributed by atoms with Gasteiger partial charge in [-0.1, -0.05) is 42.0 Å². The maximum Gasteiger partial charge on any atom is 0.269 e. The first-order valence-electron chi connectivity index (χ1n) is 13.3. The number of non-ortho nitro benzene ring substituents is 1. The van der Waals surface area contributed by atoms with Gasteiger partial charge in [0.2, 0.25) is 0 Å². The summed E-state index contributed by atoms with van der Waals surface area (Å²) in [5.41, 5.74) is 7.98. The van der Waals surface area contributed by atoms with Gasteiger partial charge in [-0.3, -0.25) is 15.1 Å². The van der Waals surface area contributed by atoms with Crippen LogP contribution in [0.1, 0.15) is 46.2 Å². The van der Waals surface area contributed by atoms with Gasteiger partial charge >= 0.3 is 0 Å². The number of halogens is 1. The zero-order valence-electron chi connectivity index (χ0n) is 22.0. The number of anilines is 1. The molecule has 200 valence electrons. The van der Waals surface area contributed by atoms with Crippen LogP contribution in [0.4, 0.5) is 17.1 Å². The van der Waals surface area contributed by atoms with Crippen LogP contribution in [-0.4, -0.2) is 11.1 Å². The SMILES string of the molecule is Cc1ccc2c(c1)[C@@H]1C=CC[C@@H]1[C@@H](c1ccc(N=Cc3ccc(OCc4ccc([N+](=O)[O-])cc4)c(Br)c3)cc1)N2. The molecule has 4 aromatic carbocycles. The van der Waals surface area contributed by atoms with Crippen LogP contribution in [0.3, 0.4) is 0 Å². The van der Waals surface area contributed by atoms with Crippen LogP contribution in [0.15, 0.2) is 107 Å². The Kier molecular flexibility index (Phi) is 7.22. The highest BCUT2D eigenvalue weighted by atomic mass is 79.9. The monoisotopic (exact) mass is 593 g/mol. The molecular formula is C33H28BrN3O3. The van der Waals surface area contributed by atoms with E-state index in [-0.39, 0.29) is 11.7 Å². The Labute approximate surface area is 241 Å². The van der Waals surface area contributed by atoms with Gasteiger partial charge in [0.15, 0.2) is 0 Å². The minimum atomic E-state index is -0.411. The molecule has 0 spiro atoms. The summed E-state index contributed by atoms with van der Waals surface area (Å²) in [6, 6.07) is 27.7. The maximum absolute atomic E-state index is 10.8. The van der Waals surface area contributed by atoms with E-state index < -0.39 is 4.92 Å². The molecular weight excluding hydrogens is 566 g/mol. The molecule has 1 aliphatic carbocycles. The van der Waals surface area contributed by atoms with Gasteiger partial charge < -0.3 is 10.1 Å². The standard InChI is InChI=1S/C33H28BrN3O3/c1-21-5-15-31-29(17-21)27-3-2-4-28(27)33(36-31)24-9-11-25(12-10-24)35-19-23-8-16-32(30(34)18-23)40-20-22-6-13-26(14-7-22)37(38)39/h2-3,5-19,27-28,33,36H,4,20H2,1H3/t27-,28+,33-/m1/s1. The van der Waals surface area contributed by atoms with E-state index in [0.29, 0.717) is 24.2 Å². The van der Waals surface area contributed by atoms with Gasteiger partial charge in [-0.15, -0.1) is 0 Å². The molecule has 1 N–H and O–H groups in total. The Morgan fingerprint density at radius 3 is 2.60 bits per heavy atom. The molecule has 0 saturated heterocycles. The highest BCUT2D eigenvalue weighted by Gasteiger charge is 2.37. The van der Waals surface area contributed by atoms with Gasteiger partial charge in [-0.25, -0.2) is 0 Å². The van der Waals surface area contributed by atoms with Crippen LogP contribution < -0.4 is 10.1 Å². The number of nitro benzene ring substituents is 1. The van der Waals surface area contributed by atoms with Crippen molar-refractivity contribution in [3.8, 4) is 5.75 Å². The van der Waals surface area contributed by atoms with Gasteiger partial charge in [0.1, 0.15) is 12.4 Å². The highest BCUT2D eigenvalue weighted by molar-refractivity contribution is 9.10. The fourth-order valence-electron chi connectivity index (χ4n) is 5.55. The van der Waals surface area contributed by atoms with Crippen molar-refractivity contribution in [2.24, 2.45) is 10.9 Å². The average molecular weight is 595 g/mol. The molecule has 2 aliphatic rings. The van der Waals surface area contributed by atoms with Crippen molar-refractivity contribution >= 4 is 39.2 Å². The number of nitrogens with zero attached hydrogens (tertiary/aromatic N) is 2. The minimum absolute atomic E-state index is 0.0643. The number of ether oxygens (including phenoxy) is 1. The van der Waals surface area contributed by atoms with Gasteiger partial charge in [-0.2, -0.15) is 0 Å². The Balaban J connectivity index is 1.10. The number of aryl methyl sites for hydroxylation is 1. The lowest BCUT2D eigenvalue weighted by atomic mass is 9.76. The molecule has 0 fully saturated rings. The van der Waals surface area contributed by atoms with E-state index in [1.165, 1.54) is 34.5 Å². The summed E-state index contributed by atoms with van der Waals surface area (Å²) in [6.07, 6.45) is 7.62. The third-order valence-corrected chi connectivity index (χ3v) is 8.25. The van der Waals surface area contributed by atoms with Crippen molar-refractivity contribution in [1.82, 2.24) is 0 Å². The van der Waals surface area contributed by atoms with Crippen molar-refractivity contribution in [1.29, 1.82) is 0 Å². The number of rotatable bonds is 7. The molecule has 0 amide bonds. The maximum atomic E-state index is 10.8. The van der Waals surface area contributed by atoms with Crippen molar-refractivity contribution in [3.63, 3.8) is 0 Å². The molecule has 0 unspecified atom stereocenters. The van der Waals surface area contributed by atoms with E-state index in [2.05, 4.69) is 87.8 Å². The third kappa shape index (κ3) is 5.42. The third-order valence-electron chi connectivity index (χ3n) is 7.63. The number of allylic oxidation sites excluding steroid dienone is 2. The normalized spacial score (nSPS) is 19.2. The first kappa shape index (κ1) is 26.0. The molecule has 40 heavy (non-hydrogen) atoms. The lowest BCUT2D eigenvalue weighted by molar-refractivity contribution is -0.384. The number of benzene rings is 4. The first-order chi connectivity index (χ1) is 19.4. The molecule has 6 rings (SSSR count). The van der Waals surface area contributed by atoms with Crippen LogP contribution in [0.5, 0.6) is 5.75 Å². The average Bonchev–Trinajstić information content (AvgIpc) is 3.46. The minimum Gasteiger partial charge on any atom is -0.488 e. The summed E-state index contributed by atoms with van der Waals surface area (Å²) in [5, 5.41) is 14.6. The number of hydrogen-bond donors (Lipinski definition) is 1. The van der Waals surface area contributed by atoms with E-state index >= 15 is 0 Å². The molecule has 0 saturated carbocycles. The van der Waals surface area contributed by atoms with Gasteiger partial charge in [0.25, 0.3) is 5.69 Å². The number of nitro groups is 1. The quantitative estimate of drug-likeness (QED) is 0.100. The molecule has 0 aromatic heterocycles. The van der Waals surface area contributed by atoms with Crippen LogP contribution in [0, 0.1) is 23.0 Å². The van der Waals surface area contributed by atoms with E-state index in [1.54, 1.807) is 12.1 Å². The van der Waals surface area contributed by atoms with Gasteiger partial charge in [-0.05, 0) is 106 Å². The largest absolute Gasteiger partial charge is 0.488 e. The number of fused-ring (bicyclic) bond motifs is 3. The first-order valence-corrected chi connectivity index (χ1v) is 14.1. The number of aliphatic imine (C=N–C) groups is 1. The van der Waals surface area contributed by atoms with Crippen LogP contribution >= 0.6 is 15.9 Å². The summed E-state index contributed by atoms with van der Waals surface area (Å²) in [7, 11) is 0. The molecule has 1 heterocycles. The van der Waals surface area contributed by atoms with Crippen LogP contribution in [-0.2, 0) is 6.61 Å². The summed E-state index contributed by atoms with van der Waals surface area (Å²) in [4.78, 5) is 15.1. The van der Waals surface area contributed by atoms with Crippen molar-refractivity contribution in [2.75, 3.05) is 5.32 Å². The second kappa shape index (κ2) is 11.1. The molecule has 7 heteroatoms. The summed E-state index contributed by atoms with van der Waals surface area (Å²) < 4.78 is 6.71. The predicted octanol–water partition coefficient (Wildman–Crippen LogP) is 8.82. The smallest absolute Gasteiger partial charge is 0.269 e. The fourth-order valence-corrected chi connectivity index (χ4v) is 6.06. The Morgan fingerprint density at radius 1 is 1.05 bits per heavy atom. The molecule has 6 nitrogen and oxygen atoms in total. The van der Waals surface area contributed by atoms with Gasteiger partial charge in [0, 0.05) is 30.0 Å². The molecule has 1 aliphatic heterocycles. The Hall–Kier alpha value is -4.23. The van der Waals surface area contributed by atoms with Crippen molar-refractivity contribution in [3.05, 3.63) is 139 Å². The molecule has 0 bridgehead atoms. The summed E-state index contributed by atoms with van der Waals surface area (Å²) in [5.74, 6) is 1.66. The lowest BCUT2D eigenvalue weighted by Crippen LogP contribution is -2.29. The van der Waals surface area contributed by atoms with E-state index in [4.69, 9.17) is 4.74 Å².